The molecule has 0 atom stereocenters. The van der Waals surface area contributed by atoms with E-state index in [0.29, 0.717) is 11.6 Å². The molecule has 128 valence electrons. The van der Waals surface area contributed by atoms with Crippen LogP contribution >= 0.6 is 24.0 Å². The van der Waals surface area contributed by atoms with Crippen LogP contribution in [-0.2, 0) is 29.8 Å². The number of fused-ring (bicyclic) bond motifs is 1. The molecule has 5 heteroatoms. The zero-order valence-electron chi connectivity index (χ0n) is 13.9. The first kappa shape index (κ1) is 18.8. The molecule has 0 unspecified atom stereocenters. The van der Waals surface area contributed by atoms with Crippen molar-refractivity contribution in [1.82, 2.24) is 10.6 Å². The van der Waals surface area contributed by atoms with Crippen molar-refractivity contribution in [2.24, 2.45) is 0 Å². The van der Waals surface area contributed by atoms with Crippen molar-refractivity contribution in [2.75, 3.05) is 0 Å². The third-order valence-electron chi connectivity index (χ3n) is 4.47. The van der Waals surface area contributed by atoms with Gasteiger partial charge in [-0.25, -0.2) is 0 Å². The molecule has 1 amide bonds. The van der Waals surface area contributed by atoms with Crippen LogP contribution in [0.25, 0.3) is 0 Å². The van der Waals surface area contributed by atoms with Gasteiger partial charge < -0.3 is 10.6 Å². The van der Waals surface area contributed by atoms with Crippen molar-refractivity contribution in [2.45, 2.75) is 38.9 Å². The van der Waals surface area contributed by atoms with E-state index in [2.05, 4.69) is 28.8 Å². The summed E-state index contributed by atoms with van der Waals surface area (Å²) in [6, 6.07) is 13.9. The molecule has 24 heavy (non-hydrogen) atoms. The summed E-state index contributed by atoms with van der Waals surface area (Å²) in [4.78, 5) is 12.6. The third kappa shape index (κ3) is 3.92. The van der Waals surface area contributed by atoms with E-state index in [0.717, 1.165) is 24.2 Å². The SMILES string of the molecule is CC(C)(C(=O)NCc1ccc2c(c1)CNC2)c1cccc(Cl)c1.Cl. The molecule has 2 aromatic rings. The van der Waals surface area contributed by atoms with Gasteiger partial charge in [0.15, 0.2) is 0 Å². The molecule has 0 aliphatic carbocycles. The van der Waals surface area contributed by atoms with E-state index in [9.17, 15) is 4.79 Å². The highest BCUT2D eigenvalue weighted by Gasteiger charge is 2.29. The van der Waals surface area contributed by atoms with E-state index in [1.807, 2.05) is 38.1 Å². The Morgan fingerprint density at radius 2 is 1.92 bits per heavy atom. The Labute approximate surface area is 154 Å². The van der Waals surface area contributed by atoms with Gasteiger partial charge in [-0.1, -0.05) is 41.9 Å². The minimum Gasteiger partial charge on any atom is -0.351 e. The number of benzene rings is 2. The first-order valence-corrected chi connectivity index (χ1v) is 8.20. The van der Waals surface area contributed by atoms with Gasteiger partial charge in [0.25, 0.3) is 0 Å². The number of hydrogen-bond donors (Lipinski definition) is 2. The van der Waals surface area contributed by atoms with Gasteiger partial charge in [-0.2, -0.15) is 0 Å². The maximum atomic E-state index is 12.6. The van der Waals surface area contributed by atoms with E-state index < -0.39 is 5.41 Å². The predicted molar refractivity (Wildman–Crippen MR) is 101 cm³/mol. The molecule has 2 N–H and O–H groups in total. The lowest BCUT2D eigenvalue weighted by molar-refractivity contribution is -0.125. The van der Waals surface area contributed by atoms with Crippen molar-refractivity contribution < 1.29 is 4.79 Å². The van der Waals surface area contributed by atoms with Crippen LogP contribution in [0.3, 0.4) is 0 Å². The van der Waals surface area contributed by atoms with E-state index in [-0.39, 0.29) is 18.3 Å². The van der Waals surface area contributed by atoms with E-state index in [4.69, 9.17) is 11.6 Å². The molecule has 0 saturated heterocycles. The fourth-order valence-corrected chi connectivity index (χ4v) is 3.06. The predicted octanol–water partition coefficient (Wildman–Crippen LogP) is 3.96. The zero-order valence-corrected chi connectivity index (χ0v) is 15.4. The minimum absolute atomic E-state index is 0. The van der Waals surface area contributed by atoms with Crippen molar-refractivity contribution in [3.63, 3.8) is 0 Å². The Bertz CT molecular complexity index is 744. The Hall–Kier alpha value is -1.55. The van der Waals surface area contributed by atoms with Crippen LogP contribution in [0.5, 0.6) is 0 Å². The van der Waals surface area contributed by atoms with Gasteiger partial charge >= 0.3 is 0 Å². The van der Waals surface area contributed by atoms with Crippen molar-refractivity contribution in [3.05, 3.63) is 69.7 Å². The number of nitrogens with one attached hydrogen (secondary N) is 2. The molecule has 3 nitrogen and oxygen atoms in total. The van der Waals surface area contributed by atoms with E-state index >= 15 is 0 Å². The standard InChI is InChI=1S/C19H21ClN2O.ClH/c1-19(2,16-4-3-5-17(20)9-16)18(23)22-10-13-6-7-14-11-21-12-15(14)8-13;/h3-9,21H,10-12H2,1-2H3,(H,22,23);1H. The maximum Gasteiger partial charge on any atom is 0.230 e. The van der Waals surface area contributed by atoms with Crippen LogP contribution in [0.1, 0.15) is 36.1 Å². The lowest BCUT2D eigenvalue weighted by Gasteiger charge is -2.24. The second kappa shape index (κ2) is 7.56. The molecule has 1 heterocycles. The van der Waals surface area contributed by atoms with Crippen LogP contribution in [0.4, 0.5) is 0 Å². The molecule has 0 radical (unpaired) electrons. The van der Waals surface area contributed by atoms with Crippen LogP contribution < -0.4 is 10.6 Å². The van der Waals surface area contributed by atoms with Gasteiger partial charge in [0.2, 0.25) is 5.91 Å². The quantitative estimate of drug-likeness (QED) is 0.861. The highest BCUT2D eigenvalue weighted by Crippen LogP contribution is 2.26. The Morgan fingerprint density at radius 3 is 2.67 bits per heavy atom. The monoisotopic (exact) mass is 364 g/mol. The molecule has 1 aliphatic rings. The van der Waals surface area contributed by atoms with Crippen LogP contribution in [0, 0.1) is 0 Å². The van der Waals surface area contributed by atoms with E-state index in [1.54, 1.807) is 0 Å². The summed E-state index contributed by atoms with van der Waals surface area (Å²) < 4.78 is 0. The fraction of sp³-hybridized carbons (Fsp3) is 0.316. The lowest BCUT2D eigenvalue weighted by Crippen LogP contribution is -2.39. The summed E-state index contributed by atoms with van der Waals surface area (Å²) in [7, 11) is 0. The first-order chi connectivity index (χ1) is 11.0. The van der Waals surface area contributed by atoms with Crippen molar-refractivity contribution >= 4 is 29.9 Å². The van der Waals surface area contributed by atoms with Gasteiger partial charge in [-0.05, 0) is 48.2 Å². The minimum atomic E-state index is -0.622. The molecule has 2 aromatic carbocycles. The van der Waals surface area contributed by atoms with Gasteiger partial charge in [-0.3, -0.25) is 4.79 Å². The molecular weight excluding hydrogens is 343 g/mol. The van der Waals surface area contributed by atoms with Crippen molar-refractivity contribution in [3.8, 4) is 0 Å². The van der Waals surface area contributed by atoms with Gasteiger partial charge in [-0.15, -0.1) is 12.4 Å². The first-order valence-electron chi connectivity index (χ1n) is 7.82. The highest BCUT2D eigenvalue weighted by atomic mass is 35.5. The summed E-state index contributed by atoms with van der Waals surface area (Å²) in [5, 5.41) is 7.02. The van der Waals surface area contributed by atoms with E-state index in [1.165, 1.54) is 11.1 Å². The number of carbonyl (C=O) groups excluding carboxylic acids is 1. The normalized spacial score (nSPS) is 13.1. The molecular formula is C19H22Cl2N2O. The van der Waals surface area contributed by atoms with Crippen LogP contribution in [-0.4, -0.2) is 5.91 Å². The average molecular weight is 365 g/mol. The van der Waals surface area contributed by atoms with Crippen molar-refractivity contribution in [1.29, 1.82) is 0 Å². The molecule has 1 aliphatic heterocycles. The topological polar surface area (TPSA) is 41.1 Å². The molecule has 0 fully saturated rings. The van der Waals surface area contributed by atoms with Crippen LogP contribution in [0.2, 0.25) is 5.02 Å². The highest BCUT2D eigenvalue weighted by molar-refractivity contribution is 6.30. The summed E-state index contributed by atoms with van der Waals surface area (Å²) in [5.74, 6) is -0.00149. The van der Waals surface area contributed by atoms with Crippen LogP contribution in [0.15, 0.2) is 42.5 Å². The molecule has 0 bridgehead atoms. The maximum absolute atomic E-state index is 12.6. The zero-order chi connectivity index (χ0) is 16.4. The smallest absolute Gasteiger partial charge is 0.230 e. The van der Waals surface area contributed by atoms with Gasteiger partial charge in [0.1, 0.15) is 0 Å². The number of carbonyl (C=O) groups is 1. The summed E-state index contributed by atoms with van der Waals surface area (Å²) in [6.07, 6.45) is 0. The number of halogens is 2. The van der Waals surface area contributed by atoms with Gasteiger partial charge in [0.05, 0.1) is 5.41 Å². The number of hydrogen-bond acceptors (Lipinski definition) is 2. The summed E-state index contributed by atoms with van der Waals surface area (Å²) in [5.41, 5.74) is 4.09. The summed E-state index contributed by atoms with van der Waals surface area (Å²) in [6.45, 7) is 6.21. The number of rotatable bonds is 4. The van der Waals surface area contributed by atoms with Gasteiger partial charge in [0, 0.05) is 24.7 Å². The summed E-state index contributed by atoms with van der Waals surface area (Å²) >= 11 is 6.05. The Morgan fingerprint density at radius 1 is 1.17 bits per heavy atom. The third-order valence-corrected chi connectivity index (χ3v) is 4.70. The Kier molecular flexibility index (Phi) is 5.92. The fourth-order valence-electron chi connectivity index (χ4n) is 2.87. The molecule has 0 aromatic heterocycles. The Balaban J connectivity index is 0.00000208. The molecule has 0 saturated carbocycles. The second-order valence-electron chi connectivity index (χ2n) is 6.52. The molecule has 0 spiro atoms. The lowest BCUT2D eigenvalue weighted by atomic mass is 9.83. The average Bonchev–Trinajstić information content (AvgIpc) is 3.00. The number of amides is 1. The molecule has 3 rings (SSSR count). The largest absolute Gasteiger partial charge is 0.351 e. The second-order valence-corrected chi connectivity index (χ2v) is 6.96.